The zero-order valence-corrected chi connectivity index (χ0v) is 9.04. The summed E-state index contributed by atoms with van der Waals surface area (Å²) in [6.45, 7) is 6.55. The molecule has 0 aliphatic carbocycles. The Balaban J connectivity index is 2.53. The molecule has 1 atom stereocenters. The van der Waals surface area contributed by atoms with Crippen LogP contribution in [0.25, 0.3) is 0 Å². The van der Waals surface area contributed by atoms with Crippen LogP contribution < -0.4 is 0 Å². The van der Waals surface area contributed by atoms with Crippen LogP contribution in [-0.4, -0.2) is 15.0 Å². The van der Waals surface area contributed by atoms with Gasteiger partial charge in [-0.25, -0.2) is 0 Å². The summed E-state index contributed by atoms with van der Waals surface area (Å²) in [7, 11) is 1.96. The average Bonchev–Trinajstić information content (AvgIpc) is 2.43. The van der Waals surface area contributed by atoms with Gasteiger partial charge in [0.1, 0.15) is 0 Å². The van der Waals surface area contributed by atoms with Crippen molar-refractivity contribution in [2.45, 2.75) is 40.0 Å². The summed E-state index contributed by atoms with van der Waals surface area (Å²) in [6, 6.07) is 0. The molecule has 3 nitrogen and oxygen atoms in total. The fourth-order valence-corrected chi connectivity index (χ4v) is 1.41. The van der Waals surface area contributed by atoms with E-state index in [2.05, 4.69) is 24.2 Å². The summed E-state index contributed by atoms with van der Waals surface area (Å²) >= 11 is 0. The second-order valence-corrected chi connectivity index (χ2v) is 3.80. The molecule has 0 aliphatic heterocycles. The molecule has 1 rings (SSSR count). The lowest BCUT2D eigenvalue weighted by Gasteiger charge is -2.07. The molecule has 1 aromatic heterocycles. The highest BCUT2D eigenvalue weighted by Gasteiger charge is 2.07. The van der Waals surface area contributed by atoms with Crippen LogP contribution in [-0.2, 0) is 13.5 Å². The van der Waals surface area contributed by atoms with Crippen LogP contribution in [0, 0.1) is 12.8 Å². The number of aryl methyl sites for hydroxylation is 2. The normalized spacial score (nSPS) is 13.2. The molecule has 13 heavy (non-hydrogen) atoms. The van der Waals surface area contributed by atoms with Gasteiger partial charge in [0, 0.05) is 7.05 Å². The molecule has 0 radical (unpaired) electrons. The van der Waals surface area contributed by atoms with Crippen molar-refractivity contribution in [3.63, 3.8) is 0 Å². The minimum absolute atomic E-state index is 0.800. The van der Waals surface area contributed by atoms with Crippen LogP contribution in [0.15, 0.2) is 0 Å². The lowest BCUT2D eigenvalue weighted by Crippen LogP contribution is -2.02. The quantitative estimate of drug-likeness (QED) is 0.712. The van der Waals surface area contributed by atoms with E-state index in [0.29, 0.717) is 0 Å². The van der Waals surface area contributed by atoms with Crippen LogP contribution in [0.4, 0.5) is 0 Å². The standard InChI is InChI=1S/C10H19N3/c1-5-8(2)6-7-10-9(3)11-12-13(10)4/h8H,5-7H2,1-4H3. The number of hydrogen-bond donors (Lipinski definition) is 0. The van der Waals surface area contributed by atoms with Crippen LogP contribution in [0.1, 0.15) is 38.1 Å². The minimum atomic E-state index is 0.800. The van der Waals surface area contributed by atoms with Crippen molar-refractivity contribution in [3.8, 4) is 0 Å². The van der Waals surface area contributed by atoms with Gasteiger partial charge >= 0.3 is 0 Å². The van der Waals surface area contributed by atoms with Gasteiger partial charge in [0.15, 0.2) is 0 Å². The maximum atomic E-state index is 4.03. The molecule has 0 amide bonds. The maximum absolute atomic E-state index is 4.03. The molecule has 0 aromatic carbocycles. The van der Waals surface area contributed by atoms with Crippen LogP contribution in [0.3, 0.4) is 0 Å². The Hall–Kier alpha value is -0.860. The fourth-order valence-electron chi connectivity index (χ4n) is 1.41. The van der Waals surface area contributed by atoms with E-state index in [1.165, 1.54) is 18.5 Å². The Morgan fingerprint density at radius 3 is 2.62 bits per heavy atom. The second-order valence-electron chi connectivity index (χ2n) is 3.80. The molecular weight excluding hydrogens is 162 g/mol. The van der Waals surface area contributed by atoms with Crippen molar-refractivity contribution in [1.82, 2.24) is 15.0 Å². The van der Waals surface area contributed by atoms with Gasteiger partial charge in [-0.05, 0) is 25.7 Å². The van der Waals surface area contributed by atoms with Crippen molar-refractivity contribution in [2.24, 2.45) is 13.0 Å². The third-order valence-electron chi connectivity index (χ3n) is 2.71. The van der Waals surface area contributed by atoms with Gasteiger partial charge < -0.3 is 0 Å². The summed E-state index contributed by atoms with van der Waals surface area (Å²) in [4.78, 5) is 0. The molecular formula is C10H19N3. The molecule has 1 aromatic rings. The number of aromatic nitrogens is 3. The predicted molar refractivity (Wildman–Crippen MR) is 53.5 cm³/mol. The summed E-state index contributed by atoms with van der Waals surface area (Å²) < 4.78 is 1.89. The van der Waals surface area contributed by atoms with E-state index in [-0.39, 0.29) is 0 Å². The molecule has 0 bridgehead atoms. The molecule has 0 spiro atoms. The minimum Gasteiger partial charge on any atom is -0.252 e. The van der Waals surface area contributed by atoms with Gasteiger partial charge in [0.2, 0.25) is 0 Å². The zero-order valence-electron chi connectivity index (χ0n) is 9.04. The van der Waals surface area contributed by atoms with Gasteiger partial charge in [-0.15, -0.1) is 5.10 Å². The highest BCUT2D eigenvalue weighted by molar-refractivity contribution is 5.07. The lowest BCUT2D eigenvalue weighted by atomic mass is 10.0. The Labute approximate surface area is 80.1 Å². The molecule has 0 N–H and O–H groups in total. The predicted octanol–water partition coefficient (Wildman–Crippen LogP) is 2.10. The maximum Gasteiger partial charge on any atom is 0.0828 e. The van der Waals surface area contributed by atoms with Gasteiger partial charge in [-0.3, -0.25) is 4.68 Å². The SMILES string of the molecule is CCC(C)CCc1c(C)nnn1C. The Kier molecular flexibility index (Phi) is 3.46. The molecule has 0 saturated carbocycles. The summed E-state index contributed by atoms with van der Waals surface area (Å²) in [6.07, 6.45) is 3.59. The number of rotatable bonds is 4. The van der Waals surface area contributed by atoms with Crippen molar-refractivity contribution >= 4 is 0 Å². The van der Waals surface area contributed by atoms with E-state index in [4.69, 9.17) is 0 Å². The molecule has 0 saturated heterocycles. The van der Waals surface area contributed by atoms with E-state index in [0.717, 1.165) is 18.0 Å². The number of nitrogens with zero attached hydrogens (tertiary/aromatic N) is 3. The van der Waals surface area contributed by atoms with Crippen molar-refractivity contribution in [2.75, 3.05) is 0 Å². The van der Waals surface area contributed by atoms with Crippen molar-refractivity contribution < 1.29 is 0 Å². The van der Waals surface area contributed by atoms with Gasteiger partial charge in [0.25, 0.3) is 0 Å². The van der Waals surface area contributed by atoms with Crippen molar-refractivity contribution in [3.05, 3.63) is 11.4 Å². The monoisotopic (exact) mass is 181 g/mol. The van der Waals surface area contributed by atoms with E-state index in [1.807, 2.05) is 18.7 Å². The largest absolute Gasteiger partial charge is 0.252 e. The first-order chi connectivity index (χ1) is 6.15. The van der Waals surface area contributed by atoms with Crippen LogP contribution in [0.2, 0.25) is 0 Å². The highest BCUT2D eigenvalue weighted by atomic mass is 15.4. The van der Waals surface area contributed by atoms with E-state index >= 15 is 0 Å². The third-order valence-corrected chi connectivity index (χ3v) is 2.71. The van der Waals surface area contributed by atoms with Gasteiger partial charge in [-0.1, -0.05) is 25.5 Å². The van der Waals surface area contributed by atoms with E-state index < -0.39 is 0 Å². The molecule has 0 aliphatic rings. The van der Waals surface area contributed by atoms with Gasteiger partial charge in [-0.2, -0.15) is 0 Å². The average molecular weight is 181 g/mol. The zero-order chi connectivity index (χ0) is 9.84. The molecule has 74 valence electrons. The molecule has 0 fully saturated rings. The van der Waals surface area contributed by atoms with Crippen molar-refractivity contribution in [1.29, 1.82) is 0 Å². The molecule has 3 heteroatoms. The summed E-state index contributed by atoms with van der Waals surface area (Å²) in [5, 5.41) is 8.02. The lowest BCUT2D eigenvalue weighted by molar-refractivity contribution is 0.504. The topological polar surface area (TPSA) is 30.7 Å². The first-order valence-electron chi connectivity index (χ1n) is 5.00. The van der Waals surface area contributed by atoms with E-state index in [1.54, 1.807) is 0 Å². The first-order valence-corrected chi connectivity index (χ1v) is 5.00. The Morgan fingerprint density at radius 2 is 2.15 bits per heavy atom. The first kappa shape index (κ1) is 10.2. The Morgan fingerprint density at radius 1 is 1.46 bits per heavy atom. The second kappa shape index (κ2) is 4.40. The number of hydrogen-bond acceptors (Lipinski definition) is 2. The van der Waals surface area contributed by atoms with Crippen LogP contribution >= 0.6 is 0 Å². The fraction of sp³-hybridized carbons (Fsp3) is 0.800. The van der Waals surface area contributed by atoms with Crippen LogP contribution in [0.5, 0.6) is 0 Å². The third kappa shape index (κ3) is 2.54. The summed E-state index contributed by atoms with van der Waals surface area (Å²) in [5.41, 5.74) is 2.35. The molecule has 1 heterocycles. The summed E-state index contributed by atoms with van der Waals surface area (Å²) in [5.74, 6) is 0.800. The van der Waals surface area contributed by atoms with E-state index in [9.17, 15) is 0 Å². The highest BCUT2D eigenvalue weighted by Crippen LogP contribution is 2.12. The molecule has 1 unspecified atom stereocenters. The van der Waals surface area contributed by atoms with Gasteiger partial charge in [0.05, 0.1) is 11.4 Å². The Bertz CT molecular complexity index is 246. The smallest absolute Gasteiger partial charge is 0.0828 e.